The highest BCUT2D eigenvalue weighted by Gasteiger charge is 2.21. The van der Waals surface area contributed by atoms with Gasteiger partial charge in [-0.1, -0.05) is 5.16 Å². The van der Waals surface area contributed by atoms with Crippen LogP contribution in [0.5, 0.6) is 0 Å². The normalized spacial score (nSPS) is 11.8. The van der Waals surface area contributed by atoms with Gasteiger partial charge in [-0.05, 0) is 41.9 Å². The highest BCUT2D eigenvalue weighted by molar-refractivity contribution is 9.10. The molecule has 0 atom stereocenters. The van der Waals surface area contributed by atoms with Crippen molar-refractivity contribution in [3.63, 3.8) is 0 Å². The monoisotopic (exact) mass is 377 g/mol. The Morgan fingerprint density at radius 2 is 2.10 bits per heavy atom. The van der Waals surface area contributed by atoms with Crippen molar-refractivity contribution >= 4 is 31.6 Å². The molecule has 0 spiro atoms. The Kier molecular flexibility index (Phi) is 4.35. The lowest BCUT2D eigenvalue weighted by Crippen LogP contribution is -2.25. The Balaban J connectivity index is 2.29. The molecule has 0 aliphatic heterocycles. The van der Waals surface area contributed by atoms with Crippen LogP contribution in [0.25, 0.3) is 0 Å². The zero-order valence-electron chi connectivity index (χ0n) is 11.3. The van der Waals surface area contributed by atoms with Gasteiger partial charge in [0.05, 0.1) is 5.69 Å². The lowest BCUT2D eigenvalue weighted by molar-refractivity contribution is 0.392. The van der Waals surface area contributed by atoms with Gasteiger partial charge in [-0.25, -0.2) is 17.5 Å². The lowest BCUT2D eigenvalue weighted by Gasteiger charge is -2.09. The molecule has 1 heterocycles. The van der Waals surface area contributed by atoms with Crippen molar-refractivity contribution in [2.75, 3.05) is 5.73 Å². The number of nitrogens with two attached hydrogens (primary N) is 1. The maximum atomic E-state index is 13.8. The van der Waals surface area contributed by atoms with Crippen molar-refractivity contribution in [2.24, 2.45) is 0 Å². The predicted octanol–water partition coefficient (Wildman–Crippen LogP) is 2.25. The SMILES string of the molecule is Cc1noc(C)c1CNS(=O)(=O)c1cc(N)c(Br)cc1F. The predicted molar refractivity (Wildman–Crippen MR) is 78.5 cm³/mol. The van der Waals surface area contributed by atoms with Gasteiger partial charge < -0.3 is 10.3 Å². The first kappa shape index (κ1) is 15.9. The third kappa shape index (κ3) is 3.25. The summed E-state index contributed by atoms with van der Waals surface area (Å²) in [5.74, 6) is -0.381. The average molecular weight is 378 g/mol. The van der Waals surface area contributed by atoms with Crippen LogP contribution in [0.15, 0.2) is 26.0 Å². The van der Waals surface area contributed by atoms with Crippen molar-refractivity contribution in [1.82, 2.24) is 9.88 Å². The van der Waals surface area contributed by atoms with E-state index < -0.39 is 20.7 Å². The van der Waals surface area contributed by atoms with Crippen molar-refractivity contribution in [3.05, 3.63) is 39.4 Å². The first-order valence-electron chi connectivity index (χ1n) is 5.88. The zero-order valence-corrected chi connectivity index (χ0v) is 13.7. The van der Waals surface area contributed by atoms with Gasteiger partial charge in [0, 0.05) is 22.3 Å². The average Bonchev–Trinajstić information content (AvgIpc) is 2.71. The molecule has 1 aromatic heterocycles. The lowest BCUT2D eigenvalue weighted by atomic mass is 10.2. The summed E-state index contributed by atoms with van der Waals surface area (Å²) in [4.78, 5) is -0.505. The van der Waals surface area contributed by atoms with Gasteiger partial charge in [0.15, 0.2) is 0 Å². The molecular weight excluding hydrogens is 365 g/mol. The van der Waals surface area contributed by atoms with Gasteiger partial charge in [-0.15, -0.1) is 0 Å². The summed E-state index contributed by atoms with van der Waals surface area (Å²) in [7, 11) is -4.04. The Morgan fingerprint density at radius 3 is 2.67 bits per heavy atom. The zero-order chi connectivity index (χ0) is 15.8. The van der Waals surface area contributed by atoms with Gasteiger partial charge in [-0.2, -0.15) is 0 Å². The fourth-order valence-electron chi connectivity index (χ4n) is 1.75. The second-order valence-corrected chi connectivity index (χ2v) is 7.02. The van der Waals surface area contributed by atoms with Crippen LogP contribution >= 0.6 is 15.9 Å². The number of aromatic nitrogens is 1. The third-order valence-corrected chi connectivity index (χ3v) is 5.06. The Bertz CT molecular complexity index is 770. The van der Waals surface area contributed by atoms with E-state index in [0.29, 0.717) is 21.5 Å². The van der Waals surface area contributed by atoms with E-state index in [1.165, 1.54) is 0 Å². The Labute approximate surface area is 129 Å². The molecule has 0 unspecified atom stereocenters. The van der Waals surface area contributed by atoms with Crippen molar-refractivity contribution in [2.45, 2.75) is 25.3 Å². The fourth-order valence-corrected chi connectivity index (χ4v) is 3.15. The van der Waals surface area contributed by atoms with Gasteiger partial charge in [0.1, 0.15) is 16.5 Å². The first-order chi connectivity index (χ1) is 9.72. The topological polar surface area (TPSA) is 98.2 Å². The van der Waals surface area contributed by atoms with Crippen LogP contribution in [0.3, 0.4) is 0 Å². The van der Waals surface area contributed by atoms with Crippen molar-refractivity contribution in [3.8, 4) is 0 Å². The molecule has 0 bridgehead atoms. The number of sulfonamides is 1. The Hall–Kier alpha value is -1.45. The number of halogens is 2. The van der Waals surface area contributed by atoms with E-state index >= 15 is 0 Å². The molecule has 0 fully saturated rings. The standard InChI is InChI=1S/C12H13BrFN3O3S/c1-6-8(7(2)20-17-6)5-16-21(18,19)12-4-11(15)9(13)3-10(12)14/h3-4,16H,5,15H2,1-2H3. The number of aryl methyl sites for hydroxylation is 2. The number of rotatable bonds is 4. The second-order valence-electron chi connectivity index (χ2n) is 4.43. The molecule has 9 heteroatoms. The molecule has 3 N–H and O–H groups in total. The van der Waals surface area contributed by atoms with Gasteiger partial charge in [-0.3, -0.25) is 0 Å². The van der Waals surface area contributed by atoms with Gasteiger partial charge >= 0.3 is 0 Å². The molecule has 0 aliphatic carbocycles. The summed E-state index contributed by atoms with van der Waals surface area (Å²) in [5.41, 5.74) is 6.92. The van der Waals surface area contributed by atoms with Crippen molar-refractivity contribution in [1.29, 1.82) is 0 Å². The van der Waals surface area contributed by atoms with E-state index in [0.717, 1.165) is 12.1 Å². The number of anilines is 1. The molecule has 6 nitrogen and oxygen atoms in total. The molecule has 0 aliphatic rings. The highest BCUT2D eigenvalue weighted by Crippen LogP contribution is 2.26. The fraction of sp³-hybridized carbons (Fsp3) is 0.250. The summed E-state index contributed by atoms with van der Waals surface area (Å²) in [6, 6.07) is 2.08. The Morgan fingerprint density at radius 1 is 1.43 bits per heavy atom. The van der Waals surface area contributed by atoms with Crippen LogP contribution in [0.1, 0.15) is 17.0 Å². The van der Waals surface area contributed by atoms with Crippen LogP contribution in [-0.2, 0) is 16.6 Å². The first-order valence-corrected chi connectivity index (χ1v) is 8.16. The van der Waals surface area contributed by atoms with Crippen molar-refractivity contribution < 1.29 is 17.3 Å². The molecule has 114 valence electrons. The number of hydrogen-bond donors (Lipinski definition) is 2. The van der Waals surface area contributed by atoms with E-state index in [1.54, 1.807) is 13.8 Å². The van der Waals surface area contributed by atoms with Gasteiger partial charge in [0.2, 0.25) is 10.0 Å². The molecule has 21 heavy (non-hydrogen) atoms. The highest BCUT2D eigenvalue weighted by atomic mass is 79.9. The summed E-state index contributed by atoms with van der Waals surface area (Å²) in [6.07, 6.45) is 0. The van der Waals surface area contributed by atoms with E-state index in [-0.39, 0.29) is 12.2 Å². The number of nitrogens with one attached hydrogen (secondary N) is 1. The van der Waals surface area contributed by atoms with Crippen LogP contribution in [-0.4, -0.2) is 13.6 Å². The smallest absolute Gasteiger partial charge is 0.243 e. The largest absolute Gasteiger partial charge is 0.398 e. The molecule has 0 saturated heterocycles. The van der Waals surface area contributed by atoms with Crippen LogP contribution < -0.4 is 10.5 Å². The minimum Gasteiger partial charge on any atom is -0.398 e. The number of nitrogen functional groups attached to an aromatic ring is 1. The molecule has 2 aromatic rings. The quantitative estimate of drug-likeness (QED) is 0.796. The minimum atomic E-state index is -4.04. The molecule has 0 radical (unpaired) electrons. The van der Waals surface area contributed by atoms with E-state index in [1.807, 2.05) is 0 Å². The second kappa shape index (κ2) is 5.74. The van der Waals surface area contributed by atoms with E-state index in [9.17, 15) is 12.8 Å². The van der Waals surface area contributed by atoms with E-state index in [2.05, 4.69) is 25.8 Å². The number of hydrogen-bond acceptors (Lipinski definition) is 5. The summed E-state index contributed by atoms with van der Waals surface area (Å²) >= 11 is 3.04. The number of nitrogens with zero attached hydrogens (tertiary/aromatic N) is 1. The molecule has 1 aromatic carbocycles. The molecule has 0 amide bonds. The van der Waals surface area contributed by atoms with Crippen LogP contribution in [0, 0.1) is 19.7 Å². The summed E-state index contributed by atoms with van der Waals surface area (Å²) in [5, 5.41) is 3.72. The molecule has 0 saturated carbocycles. The third-order valence-electron chi connectivity index (χ3n) is 2.96. The van der Waals surface area contributed by atoms with Crippen LogP contribution in [0.4, 0.5) is 10.1 Å². The van der Waals surface area contributed by atoms with Gasteiger partial charge in [0.25, 0.3) is 0 Å². The minimum absolute atomic E-state index is 0.0427. The molecular formula is C12H13BrFN3O3S. The summed E-state index contributed by atoms with van der Waals surface area (Å²) < 4.78 is 45.7. The maximum Gasteiger partial charge on any atom is 0.243 e. The number of benzene rings is 1. The maximum absolute atomic E-state index is 13.8. The van der Waals surface area contributed by atoms with Crippen LogP contribution in [0.2, 0.25) is 0 Å². The van der Waals surface area contributed by atoms with E-state index in [4.69, 9.17) is 10.3 Å². The molecule has 2 rings (SSSR count). The summed E-state index contributed by atoms with van der Waals surface area (Å²) in [6.45, 7) is 3.32.